The van der Waals surface area contributed by atoms with Gasteiger partial charge in [-0.2, -0.15) is 0 Å². The van der Waals surface area contributed by atoms with Gasteiger partial charge >= 0.3 is 0 Å². The topological polar surface area (TPSA) is 0 Å². The second-order valence-electron chi connectivity index (χ2n) is 5.62. The lowest BCUT2D eigenvalue weighted by atomic mass is 9.93. The molecule has 0 nitrogen and oxygen atoms in total. The van der Waals surface area contributed by atoms with Crippen LogP contribution in [0.25, 0.3) is 0 Å². The fourth-order valence-corrected chi connectivity index (χ4v) is 2.20. The van der Waals surface area contributed by atoms with Crippen LogP contribution in [0.2, 0.25) is 0 Å². The Bertz CT molecular complexity index is 477. The molecule has 1 unspecified atom stereocenters. The molecule has 0 saturated heterocycles. The van der Waals surface area contributed by atoms with Gasteiger partial charge in [0.2, 0.25) is 0 Å². The summed E-state index contributed by atoms with van der Waals surface area (Å²) in [5.41, 5.74) is 0.904. The summed E-state index contributed by atoms with van der Waals surface area (Å²) in [6.07, 6.45) is -0.555. The van der Waals surface area contributed by atoms with E-state index < -0.39 is 17.8 Å². The van der Waals surface area contributed by atoms with Gasteiger partial charge in [-0.15, -0.1) is 0 Å². The maximum absolute atomic E-state index is 13.8. The summed E-state index contributed by atoms with van der Waals surface area (Å²) in [5, 5.41) is 0. The van der Waals surface area contributed by atoms with Crippen molar-refractivity contribution in [3.63, 3.8) is 0 Å². The summed E-state index contributed by atoms with van der Waals surface area (Å²) >= 11 is 0. The lowest BCUT2D eigenvalue weighted by Crippen LogP contribution is -2.13. The molecule has 0 aliphatic heterocycles. The van der Waals surface area contributed by atoms with Crippen molar-refractivity contribution < 1.29 is 17.6 Å². The molecule has 1 atom stereocenters. The largest absolute Gasteiger partial charge is 0.273 e. The number of halogens is 4. The van der Waals surface area contributed by atoms with Gasteiger partial charge in [-0.3, -0.25) is 0 Å². The average Bonchev–Trinajstić information content (AvgIpc) is 2.98. The first-order chi connectivity index (χ1) is 8.67. The highest BCUT2D eigenvalue weighted by Gasteiger charge is 2.57. The zero-order valence-electron chi connectivity index (χ0n) is 11.3. The highest BCUT2D eigenvalue weighted by molar-refractivity contribution is 5.39. The first-order valence-electron chi connectivity index (χ1n) is 6.58. The molecule has 0 N–H and O–H groups in total. The van der Waals surface area contributed by atoms with E-state index in [1.54, 1.807) is 6.07 Å². The third kappa shape index (κ3) is 2.77. The molecular weight excluding hydrogens is 256 g/mol. The van der Waals surface area contributed by atoms with E-state index >= 15 is 0 Å². The predicted molar refractivity (Wildman–Crippen MR) is 67.0 cm³/mol. The molecule has 0 bridgehead atoms. The summed E-state index contributed by atoms with van der Waals surface area (Å²) in [6, 6.07) is 4.34. The van der Waals surface area contributed by atoms with Crippen molar-refractivity contribution in [3.05, 3.63) is 34.9 Å². The van der Waals surface area contributed by atoms with Crippen molar-refractivity contribution in [3.8, 4) is 0 Å². The predicted octanol–water partition coefficient (Wildman–Crippen LogP) is 5.43. The van der Waals surface area contributed by atoms with E-state index in [1.165, 1.54) is 19.1 Å². The van der Waals surface area contributed by atoms with Crippen molar-refractivity contribution in [1.82, 2.24) is 0 Å². The first kappa shape index (κ1) is 14.4. The summed E-state index contributed by atoms with van der Waals surface area (Å²) in [6.45, 7) is 5.14. The Morgan fingerprint density at radius 3 is 2.26 bits per heavy atom. The fourth-order valence-electron chi connectivity index (χ4n) is 2.20. The third-order valence-electron chi connectivity index (χ3n) is 3.74. The maximum Gasteiger partial charge on any atom is 0.273 e. The Kier molecular flexibility index (Phi) is 3.40. The second-order valence-corrected chi connectivity index (χ2v) is 5.62. The van der Waals surface area contributed by atoms with E-state index in [2.05, 4.69) is 0 Å². The van der Waals surface area contributed by atoms with E-state index in [0.29, 0.717) is 11.1 Å². The molecule has 0 aromatic heterocycles. The van der Waals surface area contributed by atoms with Crippen molar-refractivity contribution in [2.24, 2.45) is 0 Å². The molecule has 1 aliphatic carbocycles. The molecule has 4 heteroatoms. The maximum atomic E-state index is 13.8. The van der Waals surface area contributed by atoms with Crippen molar-refractivity contribution >= 4 is 0 Å². The third-order valence-corrected chi connectivity index (χ3v) is 3.74. The van der Waals surface area contributed by atoms with Crippen LogP contribution in [0.1, 0.15) is 62.1 Å². The summed E-state index contributed by atoms with van der Waals surface area (Å²) in [4.78, 5) is 0. The summed E-state index contributed by atoms with van der Waals surface area (Å²) in [7, 11) is 0. The van der Waals surface area contributed by atoms with Crippen LogP contribution in [0.15, 0.2) is 18.2 Å². The minimum atomic E-state index is -2.95. The van der Waals surface area contributed by atoms with Crippen molar-refractivity contribution in [2.75, 3.05) is 0 Å². The standard InChI is InChI=1S/C15H18F4/c1-4-14(16,17)12-6-10(9(2)3)5-11(7-12)13-8-15(13,18)19/h5-7,9,13H,4,8H2,1-3H3. The molecule has 19 heavy (non-hydrogen) atoms. The van der Waals surface area contributed by atoms with E-state index in [4.69, 9.17) is 0 Å². The van der Waals surface area contributed by atoms with Crippen LogP contribution in [-0.4, -0.2) is 5.92 Å². The van der Waals surface area contributed by atoms with Crippen LogP contribution >= 0.6 is 0 Å². The molecule has 106 valence electrons. The summed E-state index contributed by atoms with van der Waals surface area (Å²) in [5.74, 6) is -6.53. The molecule has 1 aromatic carbocycles. The van der Waals surface area contributed by atoms with E-state index in [1.807, 2.05) is 13.8 Å². The molecule has 0 spiro atoms. The SMILES string of the molecule is CCC(F)(F)c1cc(C(C)C)cc(C2CC2(F)F)c1. The molecule has 2 rings (SSSR count). The molecule has 0 heterocycles. The van der Waals surface area contributed by atoms with Gasteiger partial charge < -0.3 is 0 Å². The minimum absolute atomic E-state index is 0.0405. The number of hydrogen-bond donors (Lipinski definition) is 0. The van der Waals surface area contributed by atoms with Gasteiger partial charge in [0, 0.05) is 18.4 Å². The normalized spacial score (nSPS) is 21.8. The zero-order chi connectivity index (χ0) is 14.4. The van der Waals surface area contributed by atoms with E-state index in [-0.39, 0.29) is 24.3 Å². The molecule has 1 aromatic rings. The first-order valence-corrected chi connectivity index (χ1v) is 6.58. The van der Waals surface area contributed by atoms with E-state index in [9.17, 15) is 17.6 Å². The Morgan fingerprint density at radius 2 is 1.84 bits per heavy atom. The Balaban J connectivity index is 2.45. The summed E-state index contributed by atoms with van der Waals surface area (Å²) < 4.78 is 53.9. The quantitative estimate of drug-likeness (QED) is 0.642. The van der Waals surface area contributed by atoms with Crippen molar-refractivity contribution in [1.29, 1.82) is 0 Å². The highest BCUT2D eigenvalue weighted by atomic mass is 19.3. The smallest absolute Gasteiger partial charge is 0.206 e. The van der Waals surface area contributed by atoms with Crippen molar-refractivity contribution in [2.45, 2.75) is 57.3 Å². The Hall–Kier alpha value is -1.06. The van der Waals surface area contributed by atoms with Gasteiger partial charge in [0.05, 0.1) is 5.92 Å². The molecule has 1 saturated carbocycles. The molecular formula is C15H18F4. The molecule has 0 amide bonds. The molecule has 1 fully saturated rings. The highest BCUT2D eigenvalue weighted by Crippen LogP contribution is 2.56. The molecule has 0 radical (unpaired) electrons. The molecule has 1 aliphatic rings. The lowest BCUT2D eigenvalue weighted by Gasteiger charge is -2.18. The fraction of sp³-hybridized carbons (Fsp3) is 0.600. The number of rotatable bonds is 4. The van der Waals surface area contributed by atoms with Gasteiger partial charge in [-0.25, -0.2) is 17.6 Å². The van der Waals surface area contributed by atoms with Gasteiger partial charge in [0.1, 0.15) is 0 Å². The van der Waals surface area contributed by atoms with Gasteiger partial charge in [0.15, 0.2) is 0 Å². The van der Waals surface area contributed by atoms with E-state index in [0.717, 1.165) is 0 Å². The number of hydrogen-bond acceptors (Lipinski definition) is 0. The average molecular weight is 274 g/mol. The second kappa shape index (κ2) is 4.50. The van der Waals surface area contributed by atoms with Gasteiger partial charge in [0.25, 0.3) is 11.8 Å². The Labute approximate surface area is 110 Å². The van der Waals surface area contributed by atoms with Crippen LogP contribution < -0.4 is 0 Å². The number of benzene rings is 1. The van der Waals surface area contributed by atoms with Crippen LogP contribution in [0.5, 0.6) is 0 Å². The van der Waals surface area contributed by atoms with Crippen LogP contribution in [-0.2, 0) is 5.92 Å². The Morgan fingerprint density at radius 1 is 1.26 bits per heavy atom. The van der Waals surface area contributed by atoms with Gasteiger partial charge in [-0.05, 0) is 29.2 Å². The monoisotopic (exact) mass is 274 g/mol. The van der Waals surface area contributed by atoms with Crippen LogP contribution in [0, 0.1) is 0 Å². The zero-order valence-corrected chi connectivity index (χ0v) is 11.3. The lowest BCUT2D eigenvalue weighted by molar-refractivity contribution is -0.00850. The minimum Gasteiger partial charge on any atom is -0.206 e. The van der Waals surface area contributed by atoms with Crippen LogP contribution in [0.4, 0.5) is 17.6 Å². The van der Waals surface area contributed by atoms with Crippen LogP contribution in [0.3, 0.4) is 0 Å². The number of alkyl halides is 4. The van der Waals surface area contributed by atoms with Gasteiger partial charge in [-0.1, -0.05) is 26.8 Å².